The minimum absolute atomic E-state index is 0.0199. The van der Waals surface area contributed by atoms with Crippen molar-refractivity contribution in [2.75, 3.05) is 19.8 Å². The van der Waals surface area contributed by atoms with E-state index in [0.29, 0.717) is 5.92 Å². The van der Waals surface area contributed by atoms with Crippen LogP contribution < -0.4 is 5.32 Å². The molecule has 110 valence electrons. The Bertz CT molecular complexity index is 360. The van der Waals surface area contributed by atoms with Crippen molar-refractivity contribution in [3.8, 4) is 12.3 Å². The van der Waals surface area contributed by atoms with Gasteiger partial charge in [-0.15, -0.1) is 12.3 Å². The molecule has 0 spiro atoms. The Balaban J connectivity index is 2.04. The standard InChI is InChI=1S/C17H25NO2/c1-2-3-4-5-6-7-8-9-10-17(19)18-15-16-11-13-20-14-12-16/h1,7-10,16H,3-6,11-15H2,(H,18,19). The molecule has 1 fully saturated rings. The number of carbonyl (C=O) groups is 1. The van der Waals surface area contributed by atoms with Crippen LogP contribution in [0.4, 0.5) is 0 Å². The van der Waals surface area contributed by atoms with Crippen molar-refractivity contribution in [1.29, 1.82) is 0 Å². The molecule has 1 aliphatic rings. The summed E-state index contributed by atoms with van der Waals surface area (Å²) in [5.74, 6) is 3.17. The second-order valence-electron chi connectivity index (χ2n) is 5.04. The molecule has 0 aromatic heterocycles. The number of allylic oxidation sites excluding steroid dienone is 3. The lowest BCUT2D eigenvalue weighted by atomic mass is 10.0. The van der Waals surface area contributed by atoms with Crippen molar-refractivity contribution < 1.29 is 9.53 Å². The minimum atomic E-state index is -0.0199. The molecular weight excluding hydrogens is 250 g/mol. The first-order valence-corrected chi connectivity index (χ1v) is 7.45. The number of rotatable bonds is 8. The van der Waals surface area contributed by atoms with E-state index in [0.717, 1.165) is 58.3 Å². The molecule has 20 heavy (non-hydrogen) atoms. The van der Waals surface area contributed by atoms with Crippen LogP contribution in [0.3, 0.4) is 0 Å². The molecule has 0 radical (unpaired) electrons. The third-order valence-corrected chi connectivity index (χ3v) is 3.34. The van der Waals surface area contributed by atoms with E-state index in [9.17, 15) is 4.79 Å². The number of nitrogens with one attached hydrogen (secondary N) is 1. The van der Waals surface area contributed by atoms with E-state index in [-0.39, 0.29) is 5.91 Å². The van der Waals surface area contributed by atoms with Crippen LogP contribution in [0.5, 0.6) is 0 Å². The summed E-state index contributed by atoms with van der Waals surface area (Å²) in [6.45, 7) is 2.39. The lowest BCUT2D eigenvalue weighted by Gasteiger charge is -2.21. The molecule has 0 saturated carbocycles. The van der Waals surface area contributed by atoms with Gasteiger partial charge in [0.15, 0.2) is 0 Å². The van der Waals surface area contributed by atoms with Gasteiger partial charge in [0.25, 0.3) is 0 Å². The van der Waals surface area contributed by atoms with Crippen LogP contribution in [-0.2, 0) is 9.53 Å². The fourth-order valence-electron chi connectivity index (χ4n) is 2.06. The van der Waals surface area contributed by atoms with Crippen LogP contribution in [0, 0.1) is 18.3 Å². The zero-order valence-corrected chi connectivity index (χ0v) is 12.1. The van der Waals surface area contributed by atoms with Gasteiger partial charge in [-0.1, -0.05) is 18.2 Å². The summed E-state index contributed by atoms with van der Waals surface area (Å²) >= 11 is 0. The zero-order valence-electron chi connectivity index (χ0n) is 12.1. The van der Waals surface area contributed by atoms with Gasteiger partial charge in [0.1, 0.15) is 0 Å². The van der Waals surface area contributed by atoms with Crippen LogP contribution in [-0.4, -0.2) is 25.7 Å². The summed E-state index contributed by atoms with van der Waals surface area (Å²) < 4.78 is 5.29. The van der Waals surface area contributed by atoms with E-state index in [1.165, 1.54) is 0 Å². The summed E-state index contributed by atoms with van der Waals surface area (Å²) in [5.41, 5.74) is 0. The van der Waals surface area contributed by atoms with Gasteiger partial charge in [-0.05, 0) is 38.0 Å². The summed E-state index contributed by atoms with van der Waals surface area (Å²) in [6.07, 6.45) is 18.6. The van der Waals surface area contributed by atoms with E-state index in [1.807, 2.05) is 6.08 Å². The fraction of sp³-hybridized carbons (Fsp3) is 0.588. The van der Waals surface area contributed by atoms with Crippen LogP contribution in [0.25, 0.3) is 0 Å². The summed E-state index contributed by atoms with van der Waals surface area (Å²) in [6, 6.07) is 0. The van der Waals surface area contributed by atoms with Crippen LogP contribution in [0.15, 0.2) is 24.3 Å². The molecule has 1 rings (SSSR count). The second kappa shape index (κ2) is 11.3. The van der Waals surface area contributed by atoms with Crippen molar-refractivity contribution >= 4 is 5.91 Å². The molecule has 0 aliphatic carbocycles. The molecule has 1 heterocycles. The van der Waals surface area contributed by atoms with Gasteiger partial charge in [0, 0.05) is 32.3 Å². The summed E-state index contributed by atoms with van der Waals surface area (Å²) in [7, 11) is 0. The smallest absolute Gasteiger partial charge is 0.243 e. The molecule has 1 aliphatic heterocycles. The van der Waals surface area contributed by atoms with Gasteiger partial charge in [0.2, 0.25) is 5.91 Å². The van der Waals surface area contributed by atoms with Crippen molar-refractivity contribution in [2.24, 2.45) is 5.92 Å². The molecule has 3 nitrogen and oxygen atoms in total. The van der Waals surface area contributed by atoms with Crippen molar-refractivity contribution in [3.63, 3.8) is 0 Å². The highest BCUT2D eigenvalue weighted by Crippen LogP contribution is 2.12. The molecular formula is C17H25NO2. The lowest BCUT2D eigenvalue weighted by molar-refractivity contribution is -0.116. The maximum atomic E-state index is 11.6. The number of carbonyl (C=O) groups excluding carboxylic acids is 1. The molecule has 1 N–H and O–H groups in total. The lowest BCUT2D eigenvalue weighted by Crippen LogP contribution is -2.31. The molecule has 0 bridgehead atoms. The maximum absolute atomic E-state index is 11.6. The van der Waals surface area contributed by atoms with Gasteiger partial charge in [-0.25, -0.2) is 0 Å². The Hall–Kier alpha value is -1.53. The van der Waals surface area contributed by atoms with E-state index in [4.69, 9.17) is 11.2 Å². The van der Waals surface area contributed by atoms with E-state index in [1.54, 1.807) is 12.2 Å². The fourth-order valence-corrected chi connectivity index (χ4v) is 2.06. The molecule has 0 unspecified atom stereocenters. The number of unbranched alkanes of at least 4 members (excludes halogenated alkanes) is 3. The Morgan fingerprint density at radius 3 is 2.85 bits per heavy atom. The largest absolute Gasteiger partial charge is 0.381 e. The Morgan fingerprint density at radius 2 is 2.10 bits per heavy atom. The molecule has 1 saturated heterocycles. The third-order valence-electron chi connectivity index (χ3n) is 3.34. The second-order valence-corrected chi connectivity index (χ2v) is 5.04. The SMILES string of the molecule is C#CCCCCC=CC=CC(=O)NCC1CCOCC1. The highest BCUT2D eigenvalue weighted by molar-refractivity contribution is 5.87. The molecule has 1 amide bonds. The van der Waals surface area contributed by atoms with E-state index < -0.39 is 0 Å². The first kappa shape index (κ1) is 16.5. The number of hydrogen-bond acceptors (Lipinski definition) is 2. The Kier molecular flexibility index (Phi) is 9.34. The third kappa shape index (κ3) is 8.55. The van der Waals surface area contributed by atoms with Crippen LogP contribution >= 0.6 is 0 Å². The van der Waals surface area contributed by atoms with E-state index in [2.05, 4.69) is 17.3 Å². The van der Waals surface area contributed by atoms with Gasteiger partial charge >= 0.3 is 0 Å². The predicted molar refractivity (Wildman–Crippen MR) is 82.1 cm³/mol. The number of terminal acetylenes is 1. The number of ether oxygens (including phenoxy) is 1. The minimum Gasteiger partial charge on any atom is -0.381 e. The maximum Gasteiger partial charge on any atom is 0.243 e. The van der Waals surface area contributed by atoms with Gasteiger partial charge < -0.3 is 10.1 Å². The zero-order chi connectivity index (χ0) is 14.5. The number of amides is 1. The first-order chi connectivity index (χ1) is 9.83. The molecule has 0 atom stereocenters. The number of hydrogen-bond donors (Lipinski definition) is 1. The van der Waals surface area contributed by atoms with Crippen molar-refractivity contribution in [1.82, 2.24) is 5.32 Å². The topological polar surface area (TPSA) is 38.3 Å². The average molecular weight is 275 g/mol. The van der Waals surface area contributed by atoms with Gasteiger partial charge in [-0.2, -0.15) is 0 Å². The monoisotopic (exact) mass is 275 g/mol. The van der Waals surface area contributed by atoms with E-state index >= 15 is 0 Å². The van der Waals surface area contributed by atoms with Crippen LogP contribution in [0.1, 0.15) is 38.5 Å². The highest BCUT2D eigenvalue weighted by Gasteiger charge is 2.13. The summed E-state index contributed by atoms with van der Waals surface area (Å²) in [4.78, 5) is 11.6. The quantitative estimate of drug-likeness (QED) is 0.320. The Labute approximate surface area is 122 Å². The average Bonchev–Trinajstić information content (AvgIpc) is 2.49. The van der Waals surface area contributed by atoms with Crippen molar-refractivity contribution in [2.45, 2.75) is 38.5 Å². The first-order valence-electron chi connectivity index (χ1n) is 7.45. The van der Waals surface area contributed by atoms with Crippen LogP contribution in [0.2, 0.25) is 0 Å². The molecule has 0 aromatic rings. The van der Waals surface area contributed by atoms with Crippen molar-refractivity contribution in [3.05, 3.63) is 24.3 Å². The Morgan fingerprint density at radius 1 is 1.30 bits per heavy atom. The van der Waals surface area contributed by atoms with Gasteiger partial charge in [-0.3, -0.25) is 4.79 Å². The highest BCUT2D eigenvalue weighted by atomic mass is 16.5. The normalized spacial score (nSPS) is 16.6. The van der Waals surface area contributed by atoms with Gasteiger partial charge in [0.05, 0.1) is 0 Å². The molecule has 0 aromatic carbocycles. The predicted octanol–water partition coefficient (Wildman–Crippen LogP) is 2.84. The molecule has 3 heteroatoms. The summed E-state index contributed by atoms with van der Waals surface area (Å²) in [5, 5.41) is 2.93.